The molecule has 2 saturated heterocycles. The van der Waals surface area contributed by atoms with Gasteiger partial charge in [0.25, 0.3) is 0 Å². The van der Waals surface area contributed by atoms with E-state index >= 15 is 0 Å². The molecular weight excluding hydrogens is 260 g/mol. The molecule has 0 aliphatic carbocycles. The van der Waals surface area contributed by atoms with Gasteiger partial charge in [-0.15, -0.1) is 0 Å². The number of carbonyl (C=O) groups is 3. The van der Waals surface area contributed by atoms with Crippen molar-refractivity contribution in [2.45, 2.75) is 31.7 Å². The van der Waals surface area contributed by atoms with Gasteiger partial charge in [0, 0.05) is 19.5 Å². The highest BCUT2D eigenvalue weighted by Crippen LogP contribution is 2.18. The predicted octanol–water partition coefficient (Wildman–Crippen LogP) is -0.567. The van der Waals surface area contributed by atoms with Gasteiger partial charge >= 0.3 is 6.03 Å². The lowest BCUT2D eigenvalue weighted by atomic mass is 9.96. The Morgan fingerprint density at radius 3 is 2.65 bits per heavy atom. The molecule has 0 spiro atoms. The molecule has 112 valence electrons. The van der Waals surface area contributed by atoms with Gasteiger partial charge in [-0.25, -0.2) is 4.79 Å². The van der Waals surface area contributed by atoms with Gasteiger partial charge in [0.05, 0.1) is 0 Å². The Morgan fingerprint density at radius 2 is 2.00 bits per heavy atom. The number of urea groups is 1. The Kier molecular flexibility index (Phi) is 4.94. The molecule has 0 radical (unpaired) electrons. The lowest BCUT2D eigenvalue weighted by molar-refractivity contribution is -0.134. The number of likely N-dealkylation sites (tertiary alicyclic amines) is 1. The third kappa shape index (κ3) is 3.69. The molecule has 0 bridgehead atoms. The van der Waals surface area contributed by atoms with Crippen molar-refractivity contribution >= 4 is 17.8 Å². The van der Waals surface area contributed by atoms with Crippen LogP contribution in [0.5, 0.6) is 0 Å². The normalized spacial score (nSPS) is 24.9. The smallest absolute Gasteiger partial charge is 0.322 e. The van der Waals surface area contributed by atoms with Crippen molar-refractivity contribution < 1.29 is 14.4 Å². The summed E-state index contributed by atoms with van der Waals surface area (Å²) in [4.78, 5) is 36.8. The molecule has 4 amide bonds. The Bertz CT molecular complexity index is 391. The molecule has 2 aliphatic heterocycles. The standard InChI is InChI=1S/C13H22N4O3/c1-14-8-9-4-6-17(7-5-9)12(19)10-2-3-11(18)16-13(20)15-10/h9-10,14H,2-8H2,1H3,(H2,15,16,18,20)/t10-/m1/s1. The van der Waals surface area contributed by atoms with Crippen LogP contribution in [0.15, 0.2) is 0 Å². The van der Waals surface area contributed by atoms with Gasteiger partial charge in [0.2, 0.25) is 11.8 Å². The number of amides is 4. The minimum absolute atomic E-state index is 0.0715. The van der Waals surface area contributed by atoms with E-state index in [1.54, 1.807) is 4.90 Å². The molecule has 0 unspecified atom stereocenters. The second kappa shape index (κ2) is 6.69. The van der Waals surface area contributed by atoms with Crippen molar-refractivity contribution in [3.05, 3.63) is 0 Å². The summed E-state index contributed by atoms with van der Waals surface area (Å²) < 4.78 is 0. The molecule has 0 aromatic rings. The first-order valence-corrected chi connectivity index (χ1v) is 7.14. The second-order valence-corrected chi connectivity index (χ2v) is 5.44. The van der Waals surface area contributed by atoms with E-state index in [2.05, 4.69) is 16.0 Å². The van der Waals surface area contributed by atoms with Crippen LogP contribution in [0.4, 0.5) is 4.79 Å². The molecule has 2 rings (SSSR count). The van der Waals surface area contributed by atoms with Gasteiger partial charge in [-0.1, -0.05) is 0 Å². The van der Waals surface area contributed by atoms with Gasteiger partial charge < -0.3 is 15.5 Å². The molecule has 7 nitrogen and oxygen atoms in total. The summed E-state index contributed by atoms with van der Waals surface area (Å²) >= 11 is 0. The van der Waals surface area contributed by atoms with Crippen molar-refractivity contribution in [3.63, 3.8) is 0 Å². The zero-order valence-corrected chi connectivity index (χ0v) is 11.8. The van der Waals surface area contributed by atoms with Crippen LogP contribution in [0.1, 0.15) is 25.7 Å². The fraction of sp³-hybridized carbons (Fsp3) is 0.769. The minimum Gasteiger partial charge on any atom is -0.341 e. The quantitative estimate of drug-likeness (QED) is 0.647. The van der Waals surface area contributed by atoms with E-state index in [1.807, 2.05) is 7.05 Å². The van der Waals surface area contributed by atoms with Gasteiger partial charge in [-0.05, 0) is 38.8 Å². The lowest BCUT2D eigenvalue weighted by Crippen LogP contribution is -2.51. The van der Waals surface area contributed by atoms with E-state index in [9.17, 15) is 14.4 Å². The summed E-state index contributed by atoms with van der Waals surface area (Å²) in [7, 11) is 1.93. The van der Waals surface area contributed by atoms with Crippen molar-refractivity contribution in [1.82, 2.24) is 20.9 Å². The molecule has 2 fully saturated rings. The maximum atomic E-state index is 12.4. The number of hydrogen-bond acceptors (Lipinski definition) is 4. The van der Waals surface area contributed by atoms with E-state index in [0.717, 1.165) is 32.5 Å². The van der Waals surface area contributed by atoms with Crippen LogP contribution >= 0.6 is 0 Å². The fourth-order valence-electron chi connectivity index (χ4n) is 2.78. The predicted molar refractivity (Wildman–Crippen MR) is 72.9 cm³/mol. The monoisotopic (exact) mass is 282 g/mol. The minimum atomic E-state index is -0.581. The second-order valence-electron chi connectivity index (χ2n) is 5.44. The Labute approximate surface area is 118 Å². The zero-order valence-electron chi connectivity index (χ0n) is 11.8. The molecule has 1 atom stereocenters. The molecule has 2 heterocycles. The van der Waals surface area contributed by atoms with Crippen molar-refractivity contribution in [1.29, 1.82) is 0 Å². The van der Waals surface area contributed by atoms with E-state index < -0.39 is 12.1 Å². The topological polar surface area (TPSA) is 90.5 Å². The Morgan fingerprint density at radius 1 is 1.30 bits per heavy atom. The van der Waals surface area contributed by atoms with E-state index in [-0.39, 0.29) is 18.2 Å². The van der Waals surface area contributed by atoms with Gasteiger partial charge in [-0.3, -0.25) is 14.9 Å². The van der Waals surface area contributed by atoms with Crippen LogP contribution in [0.2, 0.25) is 0 Å². The third-order valence-corrected chi connectivity index (χ3v) is 3.94. The van der Waals surface area contributed by atoms with E-state index in [0.29, 0.717) is 12.3 Å². The highest BCUT2D eigenvalue weighted by atomic mass is 16.2. The summed E-state index contributed by atoms with van der Waals surface area (Å²) in [5, 5.41) is 7.91. The zero-order chi connectivity index (χ0) is 14.5. The fourth-order valence-corrected chi connectivity index (χ4v) is 2.78. The number of imide groups is 1. The summed E-state index contributed by atoms with van der Waals surface area (Å²) in [5.74, 6) is 0.208. The molecule has 0 aromatic carbocycles. The first-order valence-electron chi connectivity index (χ1n) is 7.14. The number of nitrogens with zero attached hydrogens (tertiary/aromatic N) is 1. The number of hydrogen-bond donors (Lipinski definition) is 3. The van der Waals surface area contributed by atoms with Gasteiger partial charge in [0.1, 0.15) is 6.04 Å². The SMILES string of the molecule is CNCC1CCN(C(=O)[C@H]2CCC(=O)NC(=O)N2)CC1. The van der Waals surface area contributed by atoms with E-state index in [1.165, 1.54) is 0 Å². The number of carbonyl (C=O) groups excluding carboxylic acids is 3. The molecule has 0 saturated carbocycles. The Hall–Kier alpha value is -1.63. The average molecular weight is 282 g/mol. The molecule has 2 aliphatic rings. The number of nitrogens with one attached hydrogen (secondary N) is 3. The van der Waals surface area contributed by atoms with Crippen LogP contribution in [-0.4, -0.2) is 55.5 Å². The highest BCUT2D eigenvalue weighted by molar-refractivity contribution is 5.98. The Balaban J connectivity index is 1.88. The number of rotatable bonds is 3. The average Bonchev–Trinajstić information content (AvgIpc) is 2.60. The molecular formula is C13H22N4O3. The summed E-state index contributed by atoms with van der Waals surface area (Å²) in [5.41, 5.74) is 0. The maximum absolute atomic E-state index is 12.4. The number of piperidine rings is 1. The van der Waals surface area contributed by atoms with Crippen LogP contribution in [0.3, 0.4) is 0 Å². The largest absolute Gasteiger partial charge is 0.341 e. The van der Waals surface area contributed by atoms with E-state index in [4.69, 9.17) is 0 Å². The summed E-state index contributed by atoms with van der Waals surface area (Å²) in [6.07, 6.45) is 2.52. The first-order chi connectivity index (χ1) is 9.60. The first kappa shape index (κ1) is 14.8. The maximum Gasteiger partial charge on any atom is 0.322 e. The molecule has 20 heavy (non-hydrogen) atoms. The third-order valence-electron chi connectivity index (χ3n) is 3.94. The summed E-state index contributed by atoms with van der Waals surface area (Å²) in [6, 6.07) is -1.15. The van der Waals surface area contributed by atoms with Gasteiger partial charge in [0.15, 0.2) is 0 Å². The summed E-state index contributed by atoms with van der Waals surface area (Å²) in [6.45, 7) is 2.42. The molecule has 3 N–H and O–H groups in total. The highest BCUT2D eigenvalue weighted by Gasteiger charge is 2.31. The van der Waals surface area contributed by atoms with Crippen LogP contribution in [0.25, 0.3) is 0 Å². The molecule has 0 aromatic heterocycles. The lowest BCUT2D eigenvalue weighted by Gasteiger charge is -2.34. The molecule has 7 heteroatoms. The van der Waals surface area contributed by atoms with Crippen LogP contribution in [-0.2, 0) is 9.59 Å². The van der Waals surface area contributed by atoms with Crippen LogP contribution < -0.4 is 16.0 Å². The van der Waals surface area contributed by atoms with Crippen LogP contribution in [0, 0.1) is 5.92 Å². The van der Waals surface area contributed by atoms with Crippen molar-refractivity contribution in [2.24, 2.45) is 5.92 Å². The van der Waals surface area contributed by atoms with Crippen molar-refractivity contribution in [3.8, 4) is 0 Å². The van der Waals surface area contributed by atoms with Gasteiger partial charge in [-0.2, -0.15) is 0 Å². The van der Waals surface area contributed by atoms with Crippen molar-refractivity contribution in [2.75, 3.05) is 26.7 Å².